The summed E-state index contributed by atoms with van der Waals surface area (Å²) in [6, 6.07) is 9.39. The van der Waals surface area contributed by atoms with E-state index in [9.17, 15) is 0 Å². The van der Waals surface area contributed by atoms with E-state index in [1.807, 2.05) is 7.11 Å². The van der Waals surface area contributed by atoms with E-state index in [2.05, 4.69) is 107 Å². The van der Waals surface area contributed by atoms with Gasteiger partial charge in [0.2, 0.25) is 0 Å². The van der Waals surface area contributed by atoms with Crippen molar-refractivity contribution in [1.82, 2.24) is 0 Å². The highest BCUT2D eigenvalue weighted by Crippen LogP contribution is 2.65. The highest BCUT2D eigenvalue weighted by atomic mass is 31.2. The molecule has 0 atom stereocenters. The molecule has 0 heterocycles. The van der Waals surface area contributed by atoms with Gasteiger partial charge in [0.05, 0.1) is 32.9 Å². The summed E-state index contributed by atoms with van der Waals surface area (Å²) in [5.41, 5.74) is 8.63. The zero-order chi connectivity index (χ0) is 23.9. The van der Waals surface area contributed by atoms with Crippen LogP contribution in [0.2, 0.25) is 0 Å². The lowest BCUT2D eigenvalue weighted by Crippen LogP contribution is -2.30. The molecule has 0 saturated heterocycles. The van der Waals surface area contributed by atoms with Gasteiger partial charge in [0.1, 0.15) is 5.30 Å². The highest BCUT2D eigenvalue weighted by Gasteiger charge is 2.47. The van der Waals surface area contributed by atoms with Crippen molar-refractivity contribution in [3.05, 3.63) is 46.5 Å². The monoisotopic (exact) mass is 441 g/mol. The van der Waals surface area contributed by atoms with Gasteiger partial charge >= 0.3 is 0 Å². The summed E-state index contributed by atoms with van der Waals surface area (Å²) in [7, 11) is 0.310. The van der Waals surface area contributed by atoms with E-state index in [0.29, 0.717) is 17.8 Å². The van der Waals surface area contributed by atoms with E-state index in [4.69, 9.17) is 4.74 Å². The predicted octanol–water partition coefficient (Wildman–Crippen LogP) is 8.74. The summed E-state index contributed by atoms with van der Waals surface area (Å²) < 4.78 is 6.03. The molecule has 31 heavy (non-hydrogen) atoms. The van der Waals surface area contributed by atoms with Crippen LogP contribution in [0, 0.1) is 6.92 Å². The minimum Gasteiger partial charge on any atom is -0.493 e. The van der Waals surface area contributed by atoms with Gasteiger partial charge in [-0.05, 0) is 79.3 Å². The molecule has 0 aliphatic heterocycles. The number of hydrogen-bond donors (Lipinski definition) is 0. The van der Waals surface area contributed by atoms with Crippen LogP contribution in [0.15, 0.2) is 24.3 Å². The molecule has 1 nitrogen and oxygen atoms in total. The van der Waals surface area contributed by atoms with E-state index < -0.39 is 7.26 Å². The Kier molecular flexibility index (Phi) is 7.75. The average molecular weight is 442 g/mol. The first-order valence-corrected chi connectivity index (χ1v) is 14.5. The standard InChI is InChI=1S/C29H46OP/c1-18(2)22-16-23(19(3)4)27(24(17-22)20(5)6)26-21(7)14-15-25(30-11)28(26)31(12,13)29(8,9)10/h14-20H,1-13H3/q+1. The smallest absolute Gasteiger partial charge is 0.161 e. The first kappa shape index (κ1) is 25.9. The molecule has 0 aliphatic rings. The van der Waals surface area contributed by atoms with Crippen LogP contribution in [-0.2, 0) is 0 Å². The largest absolute Gasteiger partial charge is 0.493 e. The minimum absolute atomic E-state index is 0.191. The van der Waals surface area contributed by atoms with Crippen molar-refractivity contribution in [2.75, 3.05) is 20.4 Å². The van der Waals surface area contributed by atoms with Crippen molar-refractivity contribution in [3.8, 4) is 16.9 Å². The fourth-order valence-electron chi connectivity index (χ4n) is 4.29. The molecule has 0 N–H and O–H groups in total. The molecular formula is C29H46OP+. The number of methoxy groups -OCH3 is 1. The molecule has 0 unspecified atom stereocenters. The van der Waals surface area contributed by atoms with E-state index >= 15 is 0 Å². The van der Waals surface area contributed by atoms with Gasteiger partial charge in [0, 0.05) is 5.56 Å². The second-order valence-corrected chi connectivity index (χ2v) is 16.2. The van der Waals surface area contributed by atoms with Crippen LogP contribution in [0.25, 0.3) is 11.1 Å². The Balaban J connectivity index is 3.14. The first-order valence-electron chi connectivity index (χ1n) is 11.8. The molecule has 0 aliphatic carbocycles. The maximum Gasteiger partial charge on any atom is 0.161 e. The SMILES string of the molecule is COc1ccc(C)c(-c2c(C(C)C)cc(C(C)C)cc2C(C)C)c1[P+](C)(C)C(C)(C)C. The van der Waals surface area contributed by atoms with Gasteiger partial charge in [-0.15, -0.1) is 0 Å². The van der Waals surface area contributed by atoms with Crippen molar-refractivity contribution in [2.45, 2.75) is 92.1 Å². The Hall–Kier alpha value is -1.33. The van der Waals surface area contributed by atoms with Gasteiger partial charge in [-0.25, -0.2) is 0 Å². The third-order valence-electron chi connectivity index (χ3n) is 7.19. The molecule has 0 bridgehead atoms. The predicted molar refractivity (Wildman–Crippen MR) is 144 cm³/mol. The molecule has 2 aromatic rings. The van der Waals surface area contributed by atoms with E-state index in [0.717, 1.165) is 5.75 Å². The van der Waals surface area contributed by atoms with E-state index in [1.54, 1.807) is 0 Å². The van der Waals surface area contributed by atoms with Crippen LogP contribution in [0.1, 0.15) is 102 Å². The molecule has 0 amide bonds. The molecule has 2 aromatic carbocycles. The summed E-state index contributed by atoms with van der Waals surface area (Å²) in [5, 5.41) is 1.64. The summed E-state index contributed by atoms with van der Waals surface area (Å²) in [6.45, 7) is 28.4. The van der Waals surface area contributed by atoms with Gasteiger partial charge in [0.15, 0.2) is 5.75 Å². The number of rotatable bonds is 6. The van der Waals surface area contributed by atoms with Gasteiger partial charge in [-0.3, -0.25) is 0 Å². The fourth-order valence-corrected chi connectivity index (χ4v) is 6.52. The maximum absolute atomic E-state index is 6.03. The van der Waals surface area contributed by atoms with Crippen molar-refractivity contribution >= 4 is 12.6 Å². The molecule has 172 valence electrons. The Bertz CT molecular complexity index is 897. The molecule has 0 aromatic heterocycles. The highest BCUT2D eigenvalue weighted by molar-refractivity contribution is 7.83. The third-order valence-corrected chi connectivity index (χ3v) is 12.1. The molecule has 2 rings (SSSR count). The number of hydrogen-bond acceptors (Lipinski definition) is 1. The second-order valence-electron chi connectivity index (χ2n) is 11.5. The molecule has 0 radical (unpaired) electrons. The van der Waals surface area contributed by atoms with Crippen molar-refractivity contribution in [3.63, 3.8) is 0 Å². The lowest BCUT2D eigenvalue weighted by molar-refractivity contribution is 0.418. The summed E-state index contributed by atoms with van der Waals surface area (Å²) in [6.07, 6.45) is 0. The molecule has 2 heteroatoms. The normalized spacial score (nSPS) is 12.9. The van der Waals surface area contributed by atoms with Crippen LogP contribution in [0.4, 0.5) is 0 Å². The quantitative estimate of drug-likeness (QED) is 0.407. The molecular weight excluding hydrogens is 395 g/mol. The topological polar surface area (TPSA) is 9.23 Å². The lowest BCUT2D eigenvalue weighted by Gasteiger charge is -2.35. The van der Waals surface area contributed by atoms with Crippen molar-refractivity contribution < 1.29 is 4.74 Å². The van der Waals surface area contributed by atoms with Crippen LogP contribution >= 0.6 is 7.26 Å². The van der Waals surface area contributed by atoms with Gasteiger partial charge in [-0.2, -0.15) is 0 Å². The maximum atomic E-state index is 6.03. The van der Waals surface area contributed by atoms with Crippen LogP contribution in [0.5, 0.6) is 5.75 Å². The second kappa shape index (κ2) is 9.27. The Morgan fingerprint density at radius 2 is 1.26 bits per heavy atom. The van der Waals surface area contributed by atoms with Crippen molar-refractivity contribution in [1.29, 1.82) is 0 Å². The van der Waals surface area contributed by atoms with Crippen molar-refractivity contribution in [2.24, 2.45) is 0 Å². The van der Waals surface area contributed by atoms with Gasteiger partial charge in [0.25, 0.3) is 0 Å². The Morgan fingerprint density at radius 3 is 1.61 bits per heavy atom. The summed E-state index contributed by atoms with van der Waals surface area (Å²) in [4.78, 5) is 0. The summed E-state index contributed by atoms with van der Waals surface area (Å²) >= 11 is 0. The Morgan fingerprint density at radius 1 is 0.774 bits per heavy atom. The molecule has 0 spiro atoms. The lowest BCUT2D eigenvalue weighted by atomic mass is 9.80. The van der Waals surface area contributed by atoms with Crippen LogP contribution in [-0.4, -0.2) is 25.6 Å². The number of aryl methyl sites for hydroxylation is 1. The third kappa shape index (κ3) is 4.88. The Labute approximate surface area is 193 Å². The molecule has 0 saturated carbocycles. The van der Waals surface area contributed by atoms with Crippen LogP contribution in [0.3, 0.4) is 0 Å². The number of ether oxygens (including phenoxy) is 1. The molecule has 0 fully saturated rings. The average Bonchev–Trinajstić information content (AvgIpc) is 2.65. The summed E-state index contributed by atoms with van der Waals surface area (Å²) in [5.74, 6) is 2.49. The van der Waals surface area contributed by atoms with E-state index in [1.165, 1.54) is 38.7 Å². The zero-order valence-corrected chi connectivity index (χ0v) is 23.3. The van der Waals surface area contributed by atoms with Gasteiger partial charge in [-0.1, -0.05) is 59.7 Å². The fraction of sp³-hybridized carbons (Fsp3) is 0.586. The van der Waals surface area contributed by atoms with Gasteiger partial charge < -0.3 is 4.74 Å². The first-order chi connectivity index (χ1) is 14.1. The van der Waals surface area contributed by atoms with Crippen LogP contribution < -0.4 is 10.0 Å². The zero-order valence-electron chi connectivity index (χ0n) is 22.4. The minimum atomic E-state index is -1.52. The number of benzene rings is 2. The van der Waals surface area contributed by atoms with E-state index in [-0.39, 0.29) is 5.16 Å².